The number of benzene rings is 1. The van der Waals surface area contributed by atoms with Crippen molar-refractivity contribution in [3.8, 4) is 22.8 Å². The van der Waals surface area contributed by atoms with Crippen molar-refractivity contribution < 1.29 is 9.47 Å². The molecule has 0 radical (unpaired) electrons. The van der Waals surface area contributed by atoms with Crippen LogP contribution in [0.15, 0.2) is 24.3 Å². The molecule has 2 rings (SSSR count). The highest BCUT2D eigenvalue weighted by Crippen LogP contribution is 2.33. The highest BCUT2D eigenvalue weighted by molar-refractivity contribution is 6.29. The Hall–Kier alpha value is -1.68. The van der Waals surface area contributed by atoms with Gasteiger partial charge in [0.2, 0.25) is 0 Å². The average molecular weight is 295 g/mol. The topological polar surface area (TPSA) is 36.3 Å². The second-order valence-corrected chi connectivity index (χ2v) is 5.89. The van der Waals surface area contributed by atoms with E-state index >= 15 is 0 Å². The molecule has 0 saturated carbocycles. The summed E-state index contributed by atoms with van der Waals surface area (Å²) < 4.78 is 12.3. The van der Waals surface area contributed by atoms with Crippen LogP contribution in [0, 0.1) is 0 Å². The Kier molecular flexibility index (Phi) is 3.95. The summed E-state index contributed by atoms with van der Waals surface area (Å²) in [7, 11) is 3.23. The van der Waals surface area contributed by atoms with Gasteiger partial charge in [-0.2, -0.15) is 5.10 Å². The Bertz CT molecular complexity index is 615. The lowest BCUT2D eigenvalue weighted by Crippen LogP contribution is -2.23. The molecule has 0 amide bonds. The first-order chi connectivity index (χ1) is 9.36. The lowest BCUT2D eigenvalue weighted by Gasteiger charge is -2.20. The molecule has 4 nitrogen and oxygen atoms in total. The minimum atomic E-state index is -0.161. The van der Waals surface area contributed by atoms with E-state index in [1.54, 1.807) is 18.9 Å². The van der Waals surface area contributed by atoms with Gasteiger partial charge in [-0.15, -0.1) is 0 Å². The highest BCUT2D eigenvalue weighted by Gasteiger charge is 2.19. The van der Waals surface area contributed by atoms with E-state index in [0.717, 1.165) is 11.3 Å². The van der Waals surface area contributed by atoms with Crippen LogP contribution in [0.2, 0.25) is 5.15 Å². The maximum Gasteiger partial charge on any atom is 0.161 e. The first-order valence-corrected chi connectivity index (χ1v) is 6.73. The summed E-state index contributed by atoms with van der Waals surface area (Å²) >= 11 is 6.26. The zero-order valence-electron chi connectivity index (χ0n) is 12.4. The molecule has 0 aliphatic heterocycles. The second kappa shape index (κ2) is 5.37. The van der Waals surface area contributed by atoms with Crippen LogP contribution in [-0.2, 0) is 5.54 Å². The van der Waals surface area contributed by atoms with E-state index < -0.39 is 0 Å². The fourth-order valence-electron chi connectivity index (χ4n) is 1.97. The van der Waals surface area contributed by atoms with Gasteiger partial charge >= 0.3 is 0 Å². The fourth-order valence-corrected chi connectivity index (χ4v) is 2.36. The molecule has 1 aromatic carbocycles. The van der Waals surface area contributed by atoms with Crippen molar-refractivity contribution in [1.82, 2.24) is 9.78 Å². The first-order valence-electron chi connectivity index (χ1n) is 6.35. The maximum absolute atomic E-state index is 6.26. The number of methoxy groups -OCH3 is 2. The number of aromatic nitrogens is 2. The molecule has 0 atom stereocenters. The monoisotopic (exact) mass is 294 g/mol. The van der Waals surface area contributed by atoms with E-state index in [2.05, 4.69) is 25.9 Å². The van der Waals surface area contributed by atoms with Gasteiger partial charge in [0.1, 0.15) is 5.15 Å². The van der Waals surface area contributed by atoms with Crippen LogP contribution < -0.4 is 9.47 Å². The number of halogens is 1. The SMILES string of the molecule is COc1ccc(-c2cc(Cl)n(C(C)(C)C)n2)cc1OC. The maximum atomic E-state index is 6.26. The molecule has 0 spiro atoms. The van der Waals surface area contributed by atoms with Gasteiger partial charge in [0, 0.05) is 11.6 Å². The smallest absolute Gasteiger partial charge is 0.161 e. The van der Waals surface area contributed by atoms with Crippen LogP contribution in [0.1, 0.15) is 20.8 Å². The quantitative estimate of drug-likeness (QED) is 0.859. The molecule has 1 heterocycles. The third-order valence-corrected chi connectivity index (χ3v) is 3.25. The number of ether oxygens (including phenoxy) is 2. The van der Waals surface area contributed by atoms with Crippen molar-refractivity contribution in [3.63, 3.8) is 0 Å². The molecule has 0 saturated heterocycles. The standard InChI is InChI=1S/C15H19ClN2O2/c1-15(2,3)18-14(16)9-11(17-18)10-6-7-12(19-4)13(8-10)20-5/h6-9H,1-5H3. The summed E-state index contributed by atoms with van der Waals surface area (Å²) in [5, 5.41) is 5.18. The second-order valence-electron chi connectivity index (χ2n) is 5.50. The lowest BCUT2D eigenvalue weighted by atomic mass is 10.1. The number of nitrogens with zero attached hydrogens (tertiary/aromatic N) is 2. The van der Waals surface area contributed by atoms with E-state index in [9.17, 15) is 0 Å². The van der Waals surface area contributed by atoms with E-state index in [4.69, 9.17) is 21.1 Å². The van der Waals surface area contributed by atoms with Crippen LogP contribution in [0.5, 0.6) is 11.5 Å². The van der Waals surface area contributed by atoms with Gasteiger partial charge in [0.25, 0.3) is 0 Å². The van der Waals surface area contributed by atoms with Crippen LogP contribution in [0.4, 0.5) is 0 Å². The van der Waals surface area contributed by atoms with Gasteiger partial charge in [-0.25, -0.2) is 4.68 Å². The molecule has 20 heavy (non-hydrogen) atoms. The lowest BCUT2D eigenvalue weighted by molar-refractivity contribution is 0.354. The van der Waals surface area contributed by atoms with E-state index in [1.165, 1.54) is 0 Å². The van der Waals surface area contributed by atoms with Crippen molar-refractivity contribution in [3.05, 3.63) is 29.4 Å². The third kappa shape index (κ3) is 2.75. The summed E-state index contributed by atoms with van der Waals surface area (Å²) in [5.74, 6) is 1.36. The van der Waals surface area contributed by atoms with Crippen molar-refractivity contribution in [2.45, 2.75) is 26.3 Å². The fraction of sp³-hybridized carbons (Fsp3) is 0.400. The van der Waals surface area contributed by atoms with Gasteiger partial charge in [0.05, 0.1) is 25.5 Å². The Morgan fingerprint density at radius 3 is 2.20 bits per heavy atom. The minimum absolute atomic E-state index is 0.161. The van der Waals surface area contributed by atoms with Gasteiger partial charge < -0.3 is 9.47 Å². The number of hydrogen-bond donors (Lipinski definition) is 0. The zero-order valence-corrected chi connectivity index (χ0v) is 13.2. The zero-order chi connectivity index (χ0) is 14.9. The van der Waals surface area contributed by atoms with Crippen molar-refractivity contribution in [2.75, 3.05) is 14.2 Å². The molecular formula is C15H19ClN2O2. The molecule has 0 bridgehead atoms. The average Bonchev–Trinajstić information content (AvgIpc) is 2.80. The molecule has 0 unspecified atom stereocenters. The van der Waals surface area contributed by atoms with Crippen LogP contribution in [0.3, 0.4) is 0 Å². The molecule has 0 N–H and O–H groups in total. The number of rotatable bonds is 3. The summed E-state index contributed by atoms with van der Waals surface area (Å²) in [6.45, 7) is 6.18. The van der Waals surface area contributed by atoms with Gasteiger partial charge in [-0.3, -0.25) is 0 Å². The molecule has 1 aromatic heterocycles. The molecule has 0 aliphatic carbocycles. The predicted octanol–water partition coefficient (Wildman–Crippen LogP) is 3.98. The molecule has 5 heteroatoms. The van der Waals surface area contributed by atoms with Crippen LogP contribution >= 0.6 is 11.6 Å². The van der Waals surface area contributed by atoms with E-state index in [0.29, 0.717) is 16.7 Å². The van der Waals surface area contributed by atoms with Gasteiger partial charge in [-0.1, -0.05) is 11.6 Å². The molecule has 2 aromatic rings. The first kappa shape index (κ1) is 14.7. The van der Waals surface area contributed by atoms with Crippen molar-refractivity contribution >= 4 is 11.6 Å². The summed E-state index contributed by atoms with van der Waals surface area (Å²) in [5.41, 5.74) is 1.59. The van der Waals surface area contributed by atoms with Crippen LogP contribution in [-0.4, -0.2) is 24.0 Å². The van der Waals surface area contributed by atoms with Gasteiger partial charge in [0.15, 0.2) is 11.5 Å². The summed E-state index contributed by atoms with van der Waals surface area (Å²) in [4.78, 5) is 0. The Labute approximate surface area is 124 Å². The predicted molar refractivity (Wildman–Crippen MR) is 80.8 cm³/mol. The summed E-state index contributed by atoms with van der Waals surface area (Å²) in [6.07, 6.45) is 0. The van der Waals surface area contributed by atoms with Crippen LogP contribution in [0.25, 0.3) is 11.3 Å². The minimum Gasteiger partial charge on any atom is -0.493 e. The molecular weight excluding hydrogens is 276 g/mol. The highest BCUT2D eigenvalue weighted by atomic mass is 35.5. The largest absolute Gasteiger partial charge is 0.493 e. The van der Waals surface area contributed by atoms with Crippen molar-refractivity contribution in [1.29, 1.82) is 0 Å². The van der Waals surface area contributed by atoms with Gasteiger partial charge in [-0.05, 0) is 39.0 Å². The normalized spacial score (nSPS) is 11.5. The summed E-state index contributed by atoms with van der Waals surface area (Å²) in [6, 6.07) is 7.55. The van der Waals surface area contributed by atoms with E-state index in [-0.39, 0.29) is 5.54 Å². The Balaban J connectivity index is 2.47. The Morgan fingerprint density at radius 2 is 1.70 bits per heavy atom. The molecule has 0 fully saturated rings. The van der Waals surface area contributed by atoms with E-state index in [1.807, 2.05) is 24.3 Å². The third-order valence-electron chi connectivity index (χ3n) is 2.98. The molecule has 0 aliphatic rings. The number of hydrogen-bond acceptors (Lipinski definition) is 3. The van der Waals surface area contributed by atoms with Crippen molar-refractivity contribution in [2.24, 2.45) is 0 Å². The Morgan fingerprint density at radius 1 is 1.05 bits per heavy atom. The molecule has 108 valence electrons.